The van der Waals surface area contributed by atoms with Crippen LogP contribution < -0.4 is 0 Å². The van der Waals surface area contributed by atoms with Crippen LogP contribution in [0, 0.1) is 5.92 Å². The molecule has 2 heteroatoms. The van der Waals surface area contributed by atoms with Crippen molar-refractivity contribution in [1.29, 1.82) is 0 Å². The Morgan fingerprint density at radius 2 is 1.83 bits per heavy atom. The fourth-order valence-electron chi connectivity index (χ4n) is 1.12. The molecule has 0 heterocycles. The van der Waals surface area contributed by atoms with Crippen molar-refractivity contribution in [3.05, 3.63) is 35.9 Å². The third-order valence-electron chi connectivity index (χ3n) is 1.72. The van der Waals surface area contributed by atoms with E-state index < -0.39 is 0 Å². The maximum atomic E-state index is 8.74. The molecule has 0 aliphatic heterocycles. The third kappa shape index (κ3) is 1.84. The van der Waals surface area contributed by atoms with E-state index in [0.29, 0.717) is 0 Å². The minimum absolute atomic E-state index is 0.248. The van der Waals surface area contributed by atoms with Crippen molar-refractivity contribution < 1.29 is 5.21 Å². The zero-order chi connectivity index (χ0) is 8.97. The lowest BCUT2D eigenvalue weighted by molar-refractivity contribution is 0.316. The van der Waals surface area contributed by atoms with Crippen LogP contribution in [0.25, 0.3) is 0 Å². The van der Waals surface area contributed by atoms with Crippen LogP contribution in [0.1, 0.15) is 19.4 Å². The van der Waals surface area contributed by atoms with Crippen molar-refractivity contribution >= 4 is 5.71 Å². The van der Waals surface area contributed by atoms with E-state index in [2.05, 4.69) is 5.16 Å². The van der Waals surface area contributed by atoms with E-state index in [1.807, 2.05) is 44.2 Å². The van der Waals surface area contributed by atoms with Crippen LogP contribution in [0.15, 0.2) is 35.5 Å². The van der Waals surface area contributed by atoms with Crippen LogP contribution in [0.2, 0.25) is 0 Å². The standard InChI is InChI=1S/C10H13NO/c1-8(2)10(11-12)9-6-4-3-5-7-9/h3-8,12H,1-2H3/b11-10-. The summed E-state index contributed by atoms with van der Waals surface area (Å²) in [4.78, 5) is 0. The summed E-state index contributed by atoms with van der Waals surface area (Å²) in [5.41, 5.74) is 1.71. The average molecular weight is 163 g/mol. The summed E-state index contributed by atoms with van der Waals surface area (Å²) < 4.78 is 0. The maximum absolute atomic E-state index is 8.74. The van der Waals surface area contributed by atoms with Gasteiger partial charge in [-0.15, -0.1) is 0 Å². The van der Waals surface area contributed by atoms with Crippen molar-refractivity contribution in [3.8, 4) is 0 Å². The zero-order valence-corrected chi connectivity index (χ0v) is 7.36. The van der Waals surface area contributed by atoms with E-state index in [1.54, 1.807) is 0 Å². The Kier molecular flexibility index (Phi) is 2.86. The van der Waals surface area contributed by atoms with Crippen LogP contribution >= 0.6 is 0 Å². The van der Waals surface area contributed by atoms with E-state index in [0.717, 1.165) is 11.3 Å². The lowest BCUT2D eigenvalue weighted by Crippen LogP contribution is -2.08. The Morgan fingerprint density at radius 3 is 2.25 bits per heavy atom. The van der Waals surface area contributed by atoms with Crippen LogP contribution in [-0.4, -0.2) is 10.9 Å². The van der Waals surface area contributed by atoms with Gasteiger partial charge in [0.05, 0.1) is 5.71 Å². The molecule has 0 aliphatic rings. The van der Waals surface area contributed by atoms with Crippen LogP contribution in [0.3, 0.4) is 0 Å². The average Bonchev–Trinajstić information content (AvgIpc) is 2.07. The molecule has 1 aromatic rings. The Bertz CT molecular complexity index is 264. The predicted octanol–water partition coefficient (Wildman–Crippen LogP) is 2.52. The molecule has 0 unspecified atom stereocenters. The molecule has 0 saturated heterocycles. The normalized spacial score (nSPS) is 12.1. The quantitative estimate of drug-likeness (QED) is 0.405. The van der Waals surface area contributed by atoms with Gasteiger partial charge in [0.1, 0.15) is 0 Å². The number of hydrogen-bond acceptors (Lipinski definition) is 2. The third-order valence-corrected chi connectivity index (χ3v) is 1.72. The first-order valence-electron chi connectivity index (χ1n) is 4.03. The molecule has 1 aromatic carbocycles. The van der Waals surface area contributed by atoms with E-state index in [1.165, 1.54) is 0 Å². The summed E-state index contributed by atoms with van der Waals surface area (Å²) in [5, 5.41) is 12.0. The first-order valence-corrected chi connectivity index (χ1v) is 4.03. The van der Waals surface area contributed by atoms with Gasteiger partial charge in [0, 0.05) is 0 Å². The Labute approximate surface area is 72.5 Å². The van der Waals surface area contributed by atoms with Crippen molar-refractivity contribution in [1.82, 2.24) is 0 Å². The highest BCUT2D eigenvalue weighted by Crippen LogP contribution is 2.08. The second kappa shape index (κ2) is 3.90. The Hall–Kier alpha value is -1.31. The minimum atomic E-state index is 0.248. The first-order chi connectivity index (χ1) is 5.75. The van der Waals surface area contributed by atoms with E-state index in [9.17, 15) is 0 Å². The van der Waals surface area contributed by atoms with Gasteiger partial charge < -0.3 is 5.21 Å². The van der Waals surface area contributed by atoms with Gasteiger partial charge in [-0.05, 0) is 11.5 Å². The lowest BCUT2D eigenvalue weighted by Gasteiger charge is -2.06. The Balaban J connectivity index is 2.97. The van der Waals surface area contributed by atoms with Crippen molar-refractivity contribution in [3.63, 3.8) is 0 Å². The first kappa shape index (κ1) is 8.78. The number of oxime groups is 1. The number of benzene rings is 1. The SMILES string of the molecule is CC(C)/C(=N/O)c1ccccc1. The molecule has 0 saturated carbocycles. The summed E-state index contributed by atoms with van der Waals surface area (Å²) in [5.74, 6) is 0.248. The summed E-state index contributed by atoms with van der Waals surface area (Å²) in [7, 11) is 0. The number of rotatable bonds is 2. The predicted molar refractivity (Wildman–Crippen MR) is 49.6 cm³/mol. The summed E-state index contributed by atoms with van der Waals surface area (Å²) in [6, 6.07) is 9.69. The smallest absolute Gasteiger partial charge is 0.0893 e. The van der Waals surface area contributed by atoms with Crippen molar-refractivity contribution in [2.45, 2.75) is 13.8 Å². The topological polar surface area (TPSA) is 32.6 Å². The zero-order valence-electron chi connectivity index (χ0n) is 7.36. The molecule has 0 aliphatic carbocycles. The molecule has 0 spiro atoms. The lowest BCUT2D eigenvalue weighted by atomic mass is 10.0. The van der Waals surface area contributed by atoms with E-state index in [-0.39, 0.29) is 5.92 Å². The second-order valence-corrected chi connectivity index (χ2v) is 3.01. The number of hydrogen-bond donors (Lipinski definition) is 1. The fraction of sp³-hybridized carbons (Fsp3) is 0.300. The molecule has 12 heavy (non-hydrogen) atoms. The van der Waals surface area contributed by atoms with Gasteiger partial charge in [-0.25, -0.2) is 0 Å². The van der Waals surface area contributed by atoms with Gasteiger partial charge in [0.25, 0.3) is 0 Å². The molecule has 0 aromatic heterocycles. The van der Waals surface area contributed by atoms with Gasteiger partial charge in [0.2, 0.25) is 0 Å². The summed E-state index contributed by atoms with van der Waals surface area (Å²) >= 11 is 0. The summed E-state index contributed by atoms with van der Waals surface area (Å²) in [6.07, 6.45) is 0. The molecule has 1 N–H and O–H groups in total. The highest BCUT2D eigenvalue weighted by Gasteiger charge is 2.07. The highest BCUT2D eigenvalue weighted by atomic mass is 16.4. The van der Waals surface area contributed by atoms with Gasteiger partial charge in [0.15, 0.2) is 0 Å². The highest BCUT2D eigenvalue weighted by molar-refractivity contribution is 6.01. The fourth-order valence-corrected chi connectivity index (χ4v) is 1.12. The van der Waals surface area contributed by atoms with E-state index in [4.69, 9.17) is 5.21 Å². The molecular formula is C10H13NO. The maximum Gasteiger partial charge on any atom is 0.0893 e. The Morgan fingerprint density at radius 1 is 1.25 bits per heavy atom. The molecule has 0 atom stereocenters. The van der Waals surface area contributed by atoms with Crippen LogP contribution in [-0.2, 0) is 0 Å². The molecule has 2 nitrogen and oxygen atoms in total. The molecule has 0 amide bonds. The molecule has 64 valence electrons. The van der Waals surface area contributed by atoms with Gasteiger partial charge in [-0.2, -0.15) is 0 Å². The number of nitrogens with zero attached hydrogens (tertiary/aromatic N) is 1. The monoisotopic (exact) mass is 163 g/mol. The van der Waals surface area contributed by atoms with Crippen molar-refractivity contribution in [2.24, 2.45) is 11.1 Å². The second-order valence-electron chi connectivity index (χ2n) is 3.01. The summed E-state index contributed by atoms with van der Waals surface area (Å²) in [6.45, 7) is 4.00. The van der Waals surface area contributed by atoms with E-state index >= 15 is 0 Å². The molecule has 0 fully saturated rings. The van der Waals surface area contributed by atoms with Crippen molar-refractivity contribution in [2.75, 3.05) is 0 Å². The van der Waals surface area contributed by atoms with Gasteiger partial charge in [-0.3, -0.25) is 0 Å². The minimum Gasteiger partial charge on any atom is -0.411 e. The van der Waals surface area contributed by atoms with Gasteiger partial charge >= 0.3 is 0 Å². The molecular weight excluding hydrogens is 150 g/mol. The molecule has 0 radical (unpaired) electrons. The van der Waals surface area contributed by atoms with Crippen LogP contribution in [0.5, 0.6) is 0 Å². The largest absolute Gasteiger partial charge is 0.411 e. The molecule has 0 bridgehead atoms. The molecule has 1 rings (SSSR count). The van der Waals surface area contributed by atoms with Gasteiger partial charge in [-0.1, -0.05) is 49.3 Å². The van der Waals surface area contributed by atoms with Crippen LogP contribution in [0.4, 0.5) is 0 Å².